The van der Waals surface area contributed by atoms with Crippen LogP contribution < -0.4 is 4.72 Å². The summed E-state index contributed by atoms with van der Waals surface area (Å²) in [5.41, 5.74) is 0.590. The molecule has 1 rings (SSSR count). The number of hydrogen-bond acceptors (Lipinski definition) is 3. The molecule has 100 valence electrons. The van der Waals surface area contributed by atoms with Crippen LogP contribution in [0.3, 0.4) is 0 Å². The Kier molecular flexibility index (Phi) is 4.86. The summed E-state index contributed by atoms with van der Waals surface area (Å²) < 4.78 is 26.5. The molecular formula is C12H17NO4S. The van der Waals surface area contributed by atoms with Gasteiger partial charge in [0.25, 0.3) is 0 Å². The van der Waals surface area contributed by atoms with Crippen LogP contribution in [0.25, 0.3) is 0 Å². The minimum Gasteiger partial charge on any atom is -0.478 e. The highest BCUT2D eigenvalue weighted by Crippen LogP contribution is 2.18. The van der Waals surface area contributed by atoms with Gasteiger partial charge in [-0.3, -0.25) is 0 Å². The Balaban J connectivity index is 3.27. The normalized spacial score (nSPS) is 11.4. The van der Waals surface area contributed by atoms with E-state index in [9.17, 15) is 13.2 Å². The topological polar surface area (TPSA) is 83.5 Å². The Hall–Kier alpha value is -1.40. The van der Waals surface area contributed by atoms with Crippen molar-refractivity contribution in [1.82, 2.24) is 4.72 Å². The highest BCUT2D eigenvalue weighted by atomic mass is 32.2. The molecule has 0 heterocycles. The average Bonchev–Trinajstić information content (AvgIpc) is 2.35. The molecule has 18 heavy (non-hydrogen) atoms. The number of hydrogen-bond donors (Lipinski definition) is 2. The summed E-state index contributed by atoms with van der Waals surface area (Å²) in [7, 11) is -3.63. The summed E-state index contributed by atoms with van der Waals surface area (Å²) in [6.07, 6.45) is 1.21. The molecule has 0 bridgehead atoms. The number of aromatic carboxylic acids is 1. The van der Waals surface area contributed by atoms with Gasteiger partial charge in [-0.05, 0) is 30.5 Å². The largest absolute Gasteiger partial charge is 0.478 e. The van der Waals surface area contributed by atoms with Gasteiger partial charge in [0.15, 0.2) is 0 Å². The van der Waals surface area contributed by atoms with Gasteiger partial charge < -0.3 is 5.11 Å². The minimum atomic E-state index is -3.63. The molecule has 0 radical (unpaired) electrons. The van der Waals surface area contributed by atoms with Gasteiger partial charge in [0, 0.05) is 6.54 Å². The molecule has 0 aliphatic rings. The molecule has 0 fully saturated rings. The van der Waals surface area contributed by atoms with E-state index in [1.165, 1.54) is 12.1 Å². The minimum absolute atomic E-state index is 0.0240. The Morgan fingerprint density at radius 3 is 2.50 bits per heavy atom. The van der Waals surface area contributed by atoms with Gasteiger partial charge in [-0.15, -0.1) is 0 Å². The van der Waals surface area contributed by atoms with E-state index >= 15 is 0 Å². The van der Waals surface area contributed by atoms with E-state index in [-0.39, 0.29) is 10.5 Å². The van der Waals surface area contributed by atoms with E-state index in [2.05, 4.69) is 4.72 Å². The molecule has 0 atom stereocenters. The van der Waals surface area contributed by atoms with Crippen molar-refractivity contribution in [3.8, 4) is 0 Å². The number of nitrogens with one attached hydrogen (secondary N) is 1. The zero-order valence-corrected chi connectivity index (χ0v) is 11.3. The van der Waals surface area contributed by atoms with Crippen molar-refractivity contribution in [2.75, 3.05) is 6.54 Å². The Morgan fingerprint density at radius 1 is 1.33 bits per heavy atom. The second-order valence-corrected chi connectivity index (χ2v) is 5.61. The number of aryl methyl sites for hydroxylation is 1. The van der Waals surface area contributed by atoms with Gasteiger partial charge in [0.05, 0.1) is 10.5 Å². The highest BCUT2D eigenvalue weighted by molar-refractivity contribution is 7.89. The van der Waals surface area contributed by atoms with Crippen LogP contribution in [0.2, 0.25) is 0 Å². The third kappa shape index (κ3) is 3.30. The van der Waals surface area contributed by atoms with Crippen molar-refractivity contribution >= 4 is 16.0 Å². The zero-order valence-electron chi connectivity index (χ0n) is 10.4. The molecule has 0 spiro atoms. The smallest absolute Gasteiger partial charge is 0.335 e. The second kappa shape index (κ2) is 5.97. The summed E-state index contributed by atoms with van der Waals surface area (Å²) in [6.45, 7) is 4.02. The summed E-state index contributed by atoms with van der Waals surface area (Å²) in [4.78, 5) is 10.9. The Labute approximate surface area is 107 Å². The fourth-order valence-corrected chi connectivity index (χ4v) is 3.01. The van der Waals surface area contributed by atoms with Crippen LogP contribution in [0.15, 0.2) is 23.1 Å². The maximum atomic E-state index is 12.0. The van der Waals surface area contributed by atoms with Crippen LogP contribution in [-0.2, 0) is 16.4 Å². The molecule has 5 nitrogen and oxygen atoms in total. The molecule has 1 aromatic carbocycles. The summed E-state index contributed by atoms with van der Waals surface area (Å²) in [6, 6.07) is 4.17. The van der Waals surface area contributed by atoms with Crippen LogP contribution in [0.1, 0.15) is 36.2 Å². The molecule has 0 aliphatic heterocycles. The predicted molar refractivity (Wildman–Crippen MR) is 68.3 cm³/mol. The highest BCUT2D eigenvalue weighted by Gasteiger charge is 2.19. The van der Waals surface area contributed by atoms with Gasteiger partial charge in [0.2, 0.25) is 10.0 Å². The van der Waals surface area contributed by atoms with Gasteiger partial charge in [-0.1, -0.05) is 19.9 Å². The molecule has 0 saturated heterocycles. The first-order valence-electron chi connectivity index (χ1n) is 5.78. The van der Waals surface area contributed by atoms with Crippen LogP contribution in [0.5, 0.6) is 0 Å². The zero-order chi connectivity index (χ0) is 13.8. The molecule has 0 saturated carbocycles. The maximum Gasteiger partial charge on any atom is 0.335 e. The summed E-state index contributed by atoms with van der Waals surface area (Å²) in [5.74, 6) is -1.13. The first kappa shape index (κ1) is 14.7. The van der Waals surface area contributed by atoms with Crippen molar-refractivity contribution in [1.29, 1.82) is 0 Å². The molecule has 0 amide bonds. The molecular weight excluding hydrogens is 254 g/mol. The van der Waals surface area contributed by atoms with Crippen LogP contribution in [-0.4, -0.2) is 26.0 Å². The SMILES string of the molecule is CCCNS(=O)(=O)c1cc(C(=O)O)ccc1CC. The van der Waals surface area contributed by atoms with E-state index < -0.39 is 16.0 Å². The van der Waals surface area contributed by atoms with Gasteiger partial charge >= 0.3 is 5.97 Å². The predicted octanol–water partition coefficient (Wildman–Crippen LogP) is 1.64. The van der Waals surface area contributed by atoms with E-state index in [1.807, 2.05) is 13.8 Å². The number of rotatable bonds is 6. The number of carbonyl (C=O) groups is 1. The molecule has 1 aromatic rings. The number of carboxylic acid groups (broad SMARTS) is 1. The van der Waals surface area contributed by atoms with Gasteiger partial charge in [-0.25, -0.2) is 17.9 Å². The first-order chi connectivity index (χ1) is 8.42. The Morgan fingerprint density at radius 2 is 2.00 bits per heavy atom. The van der Waals surface area contributed by atoms with E-state index in [4.69, 9.17) is 5.11 Å². The van der Waals surface area contributed by atoms with Gasteiger partial charge in [0.1, 0.15) is 0 Å². The van der Waals surface area contributed by atoms with E-state index in [1.54, 1.807) is 6.07 Å². The summed E-state index contributed by atoms with van der Waals surface area (Å²) >= 11 is 0. The average molecular weight is 271 g/mol. The lowest BCUT2D eigenvalue weighted by molar-refractivity contribution is 0.0696. The third-order valence-corrected chi connectivity index (χ3v) is 4.07. The number of carboxylic acids is 1. The van der Waals surface area contributed by atoms with Crippen molar-refractivity contribution in [2.45, 2.75) is 31.6 Å². The Bertz CT molecular complexity index is 537. The fourth-order valence-electron chi connectivity index (χ4n) is 1.54. The lowest BCUT2D eigenvalue weighted by Gasteiger charge is -2.10. The maximum absolute atomic E-state index is 12.0. The van der Waals surface area contributed by atoms with Gasteiger partial charge in [-0.2, -0.15) is 0 Å². The standard InChI is InChI=1S/C12H17NO4S/c1-3-7-13-18(16,17)11-8-10(12(14)15)6-5-9(11)4-2/h5-6,8,13H,3-4,7H2,1-2H3,(H,14,15). The summed E-state index contributed by atoms with van der Waals surface area (Å²) in [5, 5.41) is 8.90. The molecule has 0 aliphatic carbocycles. The van der Waals surface area contributed by atoms with Crippen LogP contribution in [0, 0.1) is 0 Å². The van der Waals surface area contributed by atoms with Crippen molar-refractivity contribution in [2.24, 2.45) is 0 Å². The molecule has 0 aromatic heterocycles. The lowest BCUT2D eigenvalue weighted by atomic mass is 10.1. The van der Waals surface area contributed by atoms with Crippen LogP contribution in [0.4, 0.5) is 0 Å². The van der Waals surface area contributed by atoms with E-state index in [0.29, 0.717) is 24.9 Å². The van der Waals surface area contributed by atoms with Crippen molar-refractivity contribution < 1.29 is 18.3 Å². The molecule has 2 N–H and O–H groups in total. The van der Waals surface area contributed by atoms with Crippen molar-refractivity contribution in [3.05, 3.63) is 29.3 Å². The molecule has 6 heteroatoms. The quantitative estimate of drug-likeness (QED) is 0.823. The number of sulfonamides is 1. The fraction of sp³-hybridized carbons (Fsp3) is 0.417. The van der Waals surface area contributed by atoms with Crippen LogP contribution >= 0.6 is 0 Å². The monoisotopic (exact) mass is 271 g/mol. The second-order valence-electron chi connectivity index (χ2n) is 3.88. The first-order valence-corrected chi connectivity index (χ1v) is 7.26. The number of benzene rings is 1. The lowest BCUT2D eigenvalue weighted by Crippen LogP contribution is -2.25. The molecule has 0 unspecified atom stereocenters. The third-order valence-electron chi connectivity index (χ3n) is 2.53. The van der Waals surface area contributed by atoms with E-state index in [0.717, 1.165) is 0 Å². The van der Waals surface area contributed by atoms with Crippen molar-refractivity contribution in [3.63, 3.8) is 0 Å².